The summed E-state index contributed by atoms with van der Waals surface area (Å²) < 4.78 is 0. The number of rotatable bonds is 1. The molecule has 0 spiro atoms. The summed E-state index contributed by atoms with van der Waals surface area (Å²) in [6.07, 6.45) is 3.80. The van der Waals surface area contributed by atoms with Crippen molar-refractivity contribution in [2.24, 2.45) is 5.92 Å². The second-order valence-corrected chi connectivity index (χ2v) is 3.81. The number of hydrogen-bond donors (Lipinski definition) is 0. The van der Waals surface area contributed by atoms with Gasteiger partial charge in [-0.1, -0.05) is 31.6 Å². The SMILES string of the molecule is C=C1CCCC(C)=C1C(C)C. The van der Waals surface area contributed by atoms with Crippen LogP contribution >= 0.6 is 0 Å². The summed E-state index contributed by atoms with van der Waals surface area (Å²) in [5.74, 6) is 0.669. The maximum Gasteiger partial charge on any atom is -0.0217 e. The van der Waals surface area contributed by atoms with E-state index >= 15 is 0 Å². The molecule has 0 heteroatoms. The van der Waals surface area contributed by atoms with Crippen molar-refractivity contribution in [1.29, 1.82) is 0 Å². The van der Waals surface area contributed by atoms with Crippen LogP contribution in [0.3, 0.4) is 0 Å². The average molecular weight is 150 g/mol. The van der Waals surface area contributed by atoms with Crippen molar-refractivity contribution < 1.29 is 0 Å². The van der Waals surface area contributed by atoms with Crippen LogP contribution in [-0.4, -0.2) is 0 Å². The van der Waals surface area contributed by atoms with Gasteiger partial charge in [-0.25, -0.2) is 0 Å². The summed E-state index contributed by atoms with van der Waals surface area (Å²) in [6, 6.07) is 0. The third-order valence-corrected chi connectivity index (χ3v) is 2.45. The standard InChI is InChI=1S/C11H18/c1-8(2)11-9(3)6-5-7-10(11)4/h8H,3,5-7H2,1-2,4H3. The highest BCUT2D eigenvalue weighted by atomic mass is 14.2. The molecule has 0 radical (unpaired) electrons. The maximum atomic E-state index is 4.11. The van der Waals surface area contributed by atoms with Gasteiger partial charge < -0.3 is 0 Å². The summed E-state index contributed by atoms with van der Waals surface area (Å²) >= 11 is 0. The van der Waals surface area contributed by atoms with Crippen molar-refractivity contribution >= 4 is 0 Å². The quantitative estimate of drug-likeness (QED) is 0.534. The van der Waals surface area contributed by atoms with Crippen LogP contribution < -0.4 is 0 Å². The summed E-state index contributed by atoms with van der Waals surface area (Å²) in [5.41, 5.74) is 4.48. The first kappa shape index (κ1) is 8.58. The molecule has 0 saturated heterocycles. The predicted molar refractivity (Wildman–Crippen MR) is 50.5 cm³/mol. The smallest absolute Gasteiger partial charge is 0.0217 e. The molecule has 0 N–H and O–H groups in total. The van der Waals surface area contributed by atoms with Gasteiger partial charge >= 0.3 is 0 Å². The normalized spacial score (nSPS) is 19.8. The average Bonchev–Trinajstić information content (AvgIpc) is 1.85. The molecular formula is C11H18. The van der Waals surface area contributed by atoms with Crippen molar-refractivity contribution in [3.8, 4) is 0 Å². The Hall–Kier alpha value is -0.520. The van der Waals surface area contributed by atoms with Crippen LogP contribution in [0.5, 0.6) is 0 Å². The molecule has 0 heterocycles. The molecule has 62 valence electrons. The molecule has 0 aromatic rings. The molecule has 0 bridgehead atoms. The first-order valence-electron chi connectivity index (χ1n) is 4.50. The molecule has 0 nitrogen and oxygen atoms in total. The van der Waals surface area contributed by atoms with Crippen molar-refractivity contribution in [3.05, 3.63) is 23.3 Å². The minimum Gasteiger partial charge on any atom is -0.0955 e. The summed E-state index contributed by atoms with van der Waals surface area (Å²) in [6.45, 7) is 10.9. The van der Waals surface area contributed by atoms with E-state index in [0.717, 1.165) is 0 Å². The van der Waals surface area contributed by atoms with E-state index in [4.69, 9.17) is 0 Å². The number of hydrogen-bond acceptors (Lipinski definition) is 0. The van der Waals surface area contributed by atoms with Gasteiger partial charge in [0.1, 0.15) is 0 Å². The van der Waals surface area contributed by atoms with E-state index in [1.165, 1.54) is 30.4 Å². The Labute approximate surface area is 70.0 Å². The molecule has 0 saturated carbocycles. The Morgan fingerprint density at radius 3 is 2.27 bits per heavy atom. The monoisotopic (exact) mass is 150 g/mol. The van der Waals surface area contributed by atoms with E-state index in [0.29, 0.717) is 5.92 Å². The summed E-state index contributed by atoms with van der Waals surface area (Å²) in [4.78, 5) is 0. The molecule has 0 atom stereocenters. The molecule has 0 aromatic heterocycles. The Bertz CT molecular complexity index is 194. The second-order valence-electron chi connectivity index (χ2n) is 3.81. The molecule has 0 unspecified atom stereocenters. The van der Waals surface area contributed by atoms with E-state index in [2.05, 4.69) is 27.4 Å². The maximum absolute atomic E-state index is 4.11. The molecule has 0 aromatic carbocycles. The Morgan fingerprint density at radius 1 is 1.27 bits per heavy atom. The molecule has 0 aliphatic heterocycles. The first-order chi connectivity index (χ1) is 5.13. The zero-order valence-corrected chi connectivity index (χ0v) is 7.91. The van der Waals surface area contributed by atoms with E-state index in [1.54, 1.807) is 5.57 Å². The van der Waals surface area contributed by atoms with Crippen LogP contribution in [0.25, 0.3) is 0 Å². The molecule has 1 aliphatic carbocycles. The zero-order valence-electron chi connectivity index (χ0n) is 7.91. The van der Waals surface area contributed by atoms with E-state index in [1.807, 2.05) is 0 Å². The van der Waals surface area contributed by atoms with Crippen LogP contribution in [0.15, 0.2) is 23.3 Å². The third-order valence-electron chi connectivity index (χ3n) is 2.45. The fourth-order valence-electron chi connectivity index (χ4n) is 2.04. The molecule has 1 rings (SSSR count). The Kier molecular flexibility index (Phi) is 2.53. The van der Waals surface area contributed by atoms with Crippen molar-refractivity contribution in [2.45, 2.75) is 40.0 Å². The van der Waals surface area contributed by atoms with E-state index < -0.39 is 0 Å². The minimum absolute atomic E-state index is 0.669. The fourth-order valence-corrected chi connectivity index (χ4v) is 2.04. The Balaban J connectivity index is 2.91. The minimum atomic E-state index is 0.669. The van der Waals surface area contributed by atoms with Gasteiger partial charge in [0.2, 0.25) is 0 Å². The van der Waals surface area contributed by atoms with Crippen LogP contribution in [0.4, 0.5) is 0 Å². The fraction of sp³-hybridized carbons (Fsp3) is 0.636. The summed E-state index contributed by atoms with van der Waals surface area (Å²) in [7, 11) is 0. The lowest BCUT2D eigenvalue weighted by atomic mass is 9.83. The summed E-state index contributed by atoms with van der Waals surface area (Å²) in [5, 5.41) is 0. The van der Waals surface area contributed by atoms with Gasteiger partial charge in [-0.2, -0.15) is 0 Å². The lowest BCUT2D eigenvalue weighted by molar-refractivity contribution is 0.679. The second kappa shape index (κ2) is 3.25. The van der Waals surface area contributed by atoms with E-state index in [9.17, 15) is 0 Å². The van der Waals surface area contributed by atoms with Crippen molar-refractivity contribution in [3.63, 3.8) is 0 Å². The van der Waals surface area contributed by atoms with Crippen LogP contribution in [-0.2, 0) is 0 Å². The molecule has 1 aliphatic rings. The van der Waals surface area contributed by atoms with Crippen LogP contribution in [0, 0.1) is 5.92 Å². The predicted octanol–water partition coefficient (Wildman–Crippen LogP) is 3.70. The van der Waals surface area contributed by atoms with Gasteiger partial charge in [0.15, 0.2) is 0 Å². The van der Waals surface area contributed by atoms with Crippen LogP contribution in [0.2, 0.25) is 0 Å². The van der Waals surface area contributed by atoms with Crippen LogP contribution in [0.1, 0.15) is 40.0 Å². The largest absolute Gasteiger partial charge is 0.0955 e. The van der Waals surface area contributed by atoms with Gasteiger partial charge in [0.25, 0.3) is 0 Å². The van der Waals surface area contributed by atoms with Gasteiger partial charge in [0, 0.05) is 0 Å². The van der Waals surface area contributed by atoms with Crippen molar-refractivity contribution in [2.75, 3.05) is 0 Å². The molecule has 11 heavy (non-hydrogen) atoms. The topological polar surface area (TPSA) is 0 Å². The zero-order chi connectivity index (χ0) is 8.43. The van der Waals surface area contributed by atoms with Gasteiger partial charge in [-0.15, -0.1) is 0 Å². The van der Waals surface area contributed by atoms with Crippen molar-refractivity contribution in [1.82, 2.24) is 0 Å². The lowest BCUT2D eigenvalue weighted by Crippen LogP contribution is -2.05. The third kappa shape index (κ3) is 1.74. The van der Waals surface area contributed by atoms with E-state index in [-0.39, 0.29) is 0 Å². The lowest BCUT2D eigenvalue weighted by Gasteiger charge is -2.23. The molecular weight excluding hydrogens is 132 g/mol. The van der Waals surface area contributed by atoms with Gasteiger partial charge in [-0.3, -0.25) is 0 Å². The number of allylic oxidation sites excluding steroid dienone is 3. The highest BCUT2D eigenvalue weighted by Gasteiger charge is 2.14. The van der Waals surface area contributed by atoms with Gasteiger partial charge in [0.05, 0.1) is 0 Å². The molecule has 0 amide bonds. The Morgan fingerprint density at radius 2 is 1.91 bits per heavy atom. The highest BCUT2D eigenvalue weighted by molar-refractivity contribution is 5.36. The first-order valence-corrected chi connectivity index (χ1v) is 4.50. The van der Waals surface area contributed by atoms with Gasteiger partial charge in [-0.05, 0) is 37.7 Å². The molecule has 0 fully saturated rings. The highest BCUT2D eigenvalue weighted by Crippen LogP contribution is 2.32.